The molecule has 0 radical (unpaired) electrons. The minimum Gasteiger partial charge on any atom is -0.371 e. The largest absolute Gasteiger partial charge is 0.371 e. The summed E-state index contributed by atoms with van der Waals surface area (Å²) in [6, 6.07) is 0.443. The Labute approximate surface area is 126 Å². The van der Waals surface area contributed by atoms with Crippen molar-refractivity contribution in [2.24, 2.45) is 5.92 Å². The molecule has 112 valence electrons. The summed E-state index contributed by atoms with van der Waals surface area (Å²) in [4.78, 5) is 6.52. The van der Waals surface area contributed by atoms with E-state index in [1.54, 1.807) is 0 Å². The smallest absolute Gasteiger partial charge is 0.125 e. The van der Waals surface area contributed by atoms with Crippen LogP contribution in [0, 0.1) is 5.92 Å². The van der Waals surface area contributed by atoms with Gasteiger partial charge in [-0.3, -0.25) is 0 Å². The van der Waals surface area contributed by atoms with Gasteiger partial charge in [-0.1, -0.05) is 13.3 Å². The number of nitrogens with zero attached hydrogens (tertiary/aromatic N) is 1. The summed E-state index contributed by atoms with van der Waals surface area (Å²) >= 11 is 1.91. The number of aryl methyl sites for hydroxylation is 1. The third kappa shape index (κ3) is 2.42. The van der Waals surface area contributed by atoms with Crippen molar-refractivity contribution in [3.63, 3.8) is 0 Å². The van der Waals surface area contributed by atoms with Gasteiger partial charge in [0.05, 0.1) is 11.7 Å². The Morgan fingerprint density at radius 2 is 2.20 bits per heavy atom. The Kier molecular flexibility index (Phi) is 4.16. The zero-order chi connectivity index (χ0) is 14.2. The molecule has 3 atom stereocenters. The number of ether oxygens (including phenoxy) is 1. The van der Waals surface area contributed by atoms with E-state index in [4.69, 9.17) is 9.72 Å². The Morgan fingerprint density at radius 1 is 1.35 bits per heavy atom. The van der Waals surface area contributed by atoms with Crippen LogP contribution in [0.2, 0.25) is 0 Å². The number of nitrogens with one attached hydrogen (secondary N) is 1. The van der Waals surface area contributed by atoms with Crippen molar-refractivity contribution in [1.82, 2.24) is 10.3 Å². The van der Waals surface area contributed by atoms with E-state index in [1.165, 1.54) is 47.7 Å². The second-order valence-electron chi connectivity index (χ2n) is 6.46. The lowest BCUT2D eigenvalue weighted by Gasteiger charge is -2.37. The lowest BCUT2D eigenvalue weighted by Crippen LogP contribution is -2.34. The van der Waals surface area contributed by atoms with Crippen LogP contribution in [0.5, 0.6) is 0 Å². The molecular weight excluding hydrogens is 268 g/mol. The van der Waals surface area contributed by atoms with E-state index in [1.807, 2.05) is 25.5 Å². The van der Waals surface area contributed by atoms with Gasteiger partial charge in [0.2, 0.25) is 0 Å². The fourth-order valence-corrected chi connectivity index (χ4v) is 5.24. The van der Waals surface area contributed by atoms with Gasteiger partial charge in [-0.05, 0) is 51.5 Å². The molecular formula is C16H26N2OS. The van der Waals surface area contributed by atoms with Crippen molar-refractivity contribution in [2.45, 2.75) is 63.5 Å². The number of aromatic nitrogens is 1. The summed E-state index contributed by atoms with van der Waals surface area (Å²) in [5.41, 5.74) is 1.19. The number of fused-ring (bicyclic) bond motifs is 1. The fourth-order valence-electron chi connectivity index (χ4n) is 3.86. The molecule has 2 aliphatic rings. The molecule has 1 fully saturated rings. The Balaban J connectivity index is 1.95. The summed E-state index contributed by atoms with van der Waals surface area (Å²) < 4.78 is 6.01. The first-order valence-corrected chi connectivity index (χ1v) is 8.72. The zero-order valence-corrected chi connectivity index (χ0v) is 13.7. The van der Waals surface area contributed by atoms with Gasteiger partial charge >= 0.3 is 0 Å². The molecule has 0 aromatic carbocycles. The first-order chi connectivity index (χ1) is 9.68. The van der Waals surface area contributed by atoms with Crippen LogP contribution in [0.25, 0.3) is 0 Å². The van der Waals surface area contributed by atoms with Gasteiger partial charge < -0.3 is 10.1 Å². The average molecular weight is 294 g/mol. The summed E-state index contributed by atoms with van der Waals surface area (Å²) in [6.45, 7) is 2.34. The SMILES string of the molecule is CNC1CCCc2sc(C3(OC)CCCC(C)C3)nc21. The number of rotatable bonds is 3. The van der Waals surface area contributed by atoms with Gasteiger partial charge in [0.1, 0.15) is 10.6 Å². The van der Waals surface area contributed by atoms with E-state index < -0.39 is 0 Å². The predicted molar refractivity (Wildman–Crippen MR) is 83.2 cm³/mol. The highest BCUT2D eigenvalue weighted by molar-refractivity contribution is 7.11. The van der Waals surface area contributed by atoms with E-state index in [9.17, 15) is 0 Å². The lowest BCUT2D eigenvalue weighted by atomic mass is 9.79. The molecule has 3 nitrogen and oxygen atoms in total. The van der Waals surface area contributed by atoms with E-state index in [0.29, 0.717) is 6.04 Å². The van der Waals surface area contributed by atoms with E-state index in [2.05, 4.69) is 12.2 Å². The average Bonchev–Trinajstić information content (AvgIpc) is 2.91. The highest BCUT2D eigenvalue weighted by atomic mass is 32.1. The van der Waals surface area contributed by atoms with Crippen LogP contribution in [-0.2, 0) is 16.8 Å². The van der Waals surface area contributed by atoms with Crippen molar-refractivity contribution < 1.29 is 4.74 Å². The van der Waals surface area contributed by atoms with Crippen molar-refractivity contribution in [3.8, 4) is 0 Å². The molecule has 0 spiro atoms. The zero-order valence-electron chi connectivity index (χ0n) is 12.9. The second kappa shape index (κ2) is 5.74. The third-order valence-electron chi connectivity index (χ3n) is 5.04. The molecule has 3 rings (SSSR count). The normalized spacial score (nSPS) is 34.0. The van der Waals surface area contributed by atoms with E-state index >= 15 is 0 Å². The summed E-state index contributed by atoms with van der Waals surface area (Å²) in [5.74, 6) is 0.740. The standard InChI is InChI=1S/C16H26N2OS/c1-11-6-5-9-16(10-11,19-3)15-18-14-12(17-2)7-4-8-13(14)20-15/h11-12,17H,4-10H2,1-3H3. The number of hydrogen-bond acceptors (Lipinski definition) is 4. The molecule has 1 saturated carbocycles. The first-order valence-electron chi connectivity index (χ1n) is 7.91. The van der Waals surface area contributed by atoms with Crippen LogP contribution in [-0.4, -0.2) is 19.1 Å². The molecule has 0 aliphatic heterocycles. The highest BCUT2D eigenvalue weighted by Gasteiger charge is 2.40. The van der Waals surface area contributed by atoms with E-state index in [0.717, 1.165) is 18.8 Å². The molecule has 4 heteroatoms. The summed E-state index contributed by atoms with van der Waals surface area (Å²) in [7, 11) is 3.92. The minimum absolute atomic E-state index is 0.113. The molecule has 2 aliphatic carbocycles. The Bertz CT molecular complexity index is 473. The molecule has 1 aromatic rings. The van der Waals surface area contributed by atoms with Gasteiger partial charge in [-0.15, -0.1) is 11.3 Å². The molecule has 0 bridgehead atoms. The van der Waals surface area contributed by atoms with Gasteiger partial charge in [0, 0.05) is 12.0 Å². The van der Waals surface area contributed by atoms with Crippen LogP contribution >= 0.6 is 11.3 Å². The second-order valence-corrected chi connectivity index (χ2v) is 7.54. The van der Waals surface area contributed by atoms with Gasteiger partial charge in [0.15, 0.2) is 0 Å². The maximum absolute atomic E-state index is 6.01. The van der Waals surface area contributed by atoms with Gasteiger partial charge in [0.25, 0.3) is 0 Å². The predicted octanol–water partition coefficient (Wildman–Crippen LogP) is 3.79. The van der Waals surface area contributed by atoms with Crippen LogP contribution in [0.1, 0.15) is 67.1 Å². The minimum atomic E-state index is -0.113. The van der Waals surface area contributed by atoms with Crippen LogP contribution in [0.4, 0.5) is 0 Å². The molecule has 1 aromatic heterocycles. The Hall–Kier alpha value is -0.450. The van der Waals surface area contributed by atoms with Crippen LogP contribution < -0.4 is 5.32 Å². The number of thiazole rings is 1. The quantitative estimate of drug-likeness (QED) is 0.921. The van der Waals surface area contributed by atoms with E-state index in [-0.39, 0.29) is 5.60 Å². The number of hydrogen-bond donors (Lipinski definition) is 1. The first kappa shape index (κ1) is 14.5. The third-order valence-corrected chi connectivity index (χ3v) is 6.36. The van der Waals surface area contributed by atoms with Crippen LogP contribution in [0.3, 0.4) is 0 Å². The molecule has 1 heterocycles. The monoisotopic (exact) mass is 294 g/mol. The summed E-state index contributed by atoms with van der Waals surface area (Å²) in [6.07, 6.45) is 8.52. The maximum Gasteiger partial charge on any atom is 0.125 e. The highest BCUT2D eigenvalue weighted by Crippen LogP contribution is 2.46. The Morgan fingerprint density at radius 3 is 2.90 bits per heavy atom. The van der Waals surface area contributed by atoms with Crippen LogP contribution in [0.15, 0.2) is 0 Å². The molecule has 3 unspecified atom stereocenters. The molecule has 0 amide bonds. The number of methoxy groups -OCH3 is 1. The van der Waals surface area contributed by atoms with Gasteiger partial charge in [-0.2, -0.15) is 0 Å². The topological polar surface area (TPSA) is 34.1 Å². The summed E-state index contributed by atoms with van der Waals surface area (Å²) in [5, 5.41) is 4.65. The van der Waals surface area contributed by atoms with Crippen molar-refractivity contribution in [2.75, 3.05) is 14.2 Å². The lowest BCUT2D eigenvalue weighted by molar-refractivity contribution is -0.0581. The van der Waals surface area contributed by atoms with Crippen molar-refractivity contribution in [1.29, 1.82) is 0 Å². The molecule has 20 heavy (non-hydrogen) atoms. The van der Waals surface area contributed by atoms with Crippen molar-refractivity contribution in [3.05, 3.63) is 15.6 Å². The van der Waals surface area contributed by atoms with Gasteiger partial charge in [-0.25, -0.2) is 4.98 Å². The van der Waals surface area contributed by atoms with Crippen molar-refractivity contribution >= 4 is 11.3 Å². The fraction of sp³-hybridized carbons (Fsp3) is 0.812. The molecule has 1 N–H and O–H groups in total. The molecule has 0 saturated heterocycles. The maximum atomic E-state index is 6.01.